The Kier molecular flexibility index (Phi) is 4.15. The highest BCUT2D eigenvalue weighted by atomic mass is 16.6. The molecule has 0 unspecified atom stereocenters. The fourth-order valence-electron chi connectivity index (χ4n) is 1.82. The van der Waals surface area contributed by atoms with Gasteiger partial charge in [0.05, 0.1) is 0 Å². The summed E-state index contributed by atoms with van der Waals surface area (Å²) in [6, 6.07) is 10.9. The second-order valence-corrected chi connectivity index (χ2v) is 4.08. The van der Waals surface area contributed by atoms with Gasteiger partial charge in [0.25, 0.3) is 5.91 Å². The molecule has 19 heavy (non-hydrogen) atoms. The van der Waals surface area contributed by atoms with E-state index in [1.807, 2.05) is 24.3 Å². The van der Waals surface area contributed by atoms with Crippen LogP contribution in [0.5, 0.6) is 5.75 Å². The number of phenolic OH excluding ortho intramolecular Hbond substituents is 1. The van der Waals surface area contributed by atoms with Crippen LogP contribution >= 0.6 is 0 Å². The molecular formula is C15H15NO3. The van der Waals surface area contributed by atoms with Gasteiger partial charge in [0.1, 0.15) is 12.4 Å². The lowest BCUT2D eigenvalue weighted by molar-refractivity contribution is -0.129. The van der Waals surface area contributed by atoms with Crippen molar-refractivity contribution in [3.8, 4) is 5.75 Å². The summed E-state index contributed by atoms with van der Waals surface area (Å²) >= 11 is 0. The Balaban J connectivity index is 2.12. The van der Waals surface area contributed by atoms with Crippen molar-refractivity contribution in [3.05, 3.63) is 54.1 Å². The fraction of sp³-hybridized carbons (Fsp3) is 0.133. The van der Waals surface area contributed by atoms with Crippen LogP contribution in [-0.2, 0) is 16.2 Å². The number of carbonyl (C=O) groups is 1. The number of fused-ring (bicyclic) bond motifs is 1. The number of benzene rings is 2. The molecule has 0 atom stereocenters. The summed E-state index contributed by atoms with van der Waals surface area (Å²) in [5.74, 6) is -0.0940. The second kappa shape index (κ2) is 6.02. The van der Waals surface area contributed by atoms with Gasteiger partial charge in [-0.05, 0) is 35.4 Å². The number of nitrogens with one attached hydrogen (secondary N) is 1. The zero-order valence-corrected chi connectivity index (χ0v) is 10.6. The molecule has 0 aliphatic carbocycles. The highest BCUT2D eigenvalue weighted by Gasteiger charge is 2.03. The maximum Gasteiger partial charge on any atom is 0.267 e. The summed E-state index contributed by atoms with van der Waals surface area (Å²) in [5.41, 5.74) is 3.22. The van der Waals surface area contributed by atoms with Crippen LogP contribution in [0.1, 0.15) is 12.5 Å². The standard InChI is InChI=1S/C15H15NO3/c1-2-4-15(18)16-19-10-12-6-3-5-11-7-8-13(17)9-14(11)12/h2-9,17H,10H2,1H3,(H,16,18). The Bertz CT molecular complexity index is 620. The van der Waals surface area contributed by atoms with Crippen LogP contribution in [0.3, 0.4) is 0 Å². The molecule has 4 nitrogen and oxygen atoms in total. The summed E-state index contributed by atoms with van der Waals surface area (Å²) in [6.07, 6.45) is 3.02. The van der Waals surface area contributed by atoms with E-state index in [0.29, 0.717) is 0 Å². The zero-order valence-electron chi connectivity index (χ0n) is 10.6. The molecule has 0 aromatic heterocycles. The molecule has 0 fully saturated rings. The van der Waals surface area contributed by atoms with Gasteiger partial charge in [-0.15, -0.1) is 0 Å². The predicted octanol–water partition coefficient (Wildman–Crippen LogP) is 2.67. The minimum absolute atomic E-state index is 0.206. The molecule has 0 saturated heterocycles. The number of hydrogen-bond donors (Lipinski definition) is 2. The van der Waals surface area contributed by atoms with Crippen LogP contribution < -0.4 is 5.48 Å². The Labute approximate surface area is 111 Å². The van der Waals surface area contributed by atoms with Gasteiger partial charge in [-0.3, -0.25) is 9.63 Å². The van der Waals surface area contributed by atoms with Gasteiger partial charge in [0.2, 0.25) is 0 Å². The van der Waals surface area contributed by atoms with E-state index >= 15 is 0 Å². The molecule has 0 heterocycles. The number of amides is 1. The lowest BCUT2D eigenvalue weighted by Gasteiger charge is -2.08. The monoisotopic (exact) mass is 257 g/mol. The summed E-state index contributed by atoms with van der Waals surface area (Å²) in [5, 5.41) is 11.4. The van der Waals surface area contributed by atoms with Crippen LogP contribution in [0.4, 0.5) is 0 Å². The Morgan fingerprint density at radius 1 is 1.37 bits per heavy atom. The van der Waals surface area contributed by atoms with Gasteiger partial charge in [-0.25, -0.2) is 5.48 Å². The van der Waals surface area contributed by atoms with Crippen LogP contribution in [0, 0.1) is 0 Å². The normalized spacial score (nSPS) is 11.0. The minimum atomic E-state index is -0.300. The van der Waals surface area contributed by atoms with Gasteiger partial charge in [0, 0.05) is 6.08 Å². The third-order valence-electron chi connectivity index (χ3n) is 2.67. The van der Waals surface area contributed by atoms with E-state index in [1.165, 1.54) is 6.08 Å². The lowest BCUT2D eigenvalue weighted by atomic mass is 10.0. The van der Waals surface area contributed by atoms with Crippen molar-refractivity contribution < 1.29 is 14.7 Å². The number of allylic oxidation sites excluding steroid dienone is 1. The molecule has 0 spiro atoms. The number of aromatic hydroxyl groups is 1. The smallest absolute Gasteiger partial charge is 0.267 e. The van der Waals surface area contributed by atoms with Crippen molar-refractivity contribution in [2.75, 3.05) is 0 Å². The molecule has 4 heteroatoms. The SMILES string of the molecule is CC=CC(=O)NOCc1cccc2ccc(O)cc12. The first-order valence-corrected chi connectivity index (χ1v) is 5.96. The average molecular weight is 257 g/mol. The van der Waals surface area contributed by atoms with Gasteiger partial charge >= 0.3 is 0 Å². The second-order valence-electron chi connectivity index (χ2n) is 4.08. The topological polar surface area (TPSA) is 58.6 Å². The molecule has 0 radical (unpaired) electrons. The van der Waals surface area contributed by atoms with Gasteiger partial charge in [0.15, 0.2) is 0 Å². The molecule has 2 aromatic rings. The Morgan fingerprint density at radius 3 is 3.00 bits per heavy atom. The third-order valence-corrected chi connectivity index (χ3v) is 2.67. The first-order chi connectivity index (χ1) is 9.20. The number of rotatable bonds is 4. The molecular weight excluding hydrogens is 242 g/mol. The van der Waals surface area contributed by atoms with Gasteiger partial charge in [-0.1, -0.05) is 30.3 Å². The van der Waals surface area contributed by atoms with E-state index < -0.39 is 0 Å². The van der Waals surface area contributed by atoms with Crippen molar-refractivity contribution >= 4 is 16.7 Å². The number of phenols is 1. The van der Waals surface area contributed by atoms with Gasteiger partial charge < -0.3 is 5.11 Å². The minimum Gasteiger partial charge on any atom is -0.508 e. The summed E-state index contributed by atoms with van der Waals surface area (Å²) in [7, 11) is 0. The van der Waals surface area contributed by atoms with Crippen LogP contribution in [0.2, 0.25) is 0 Å². The van der Waals surface area contributed by atoms with Crippen molar-refractivity contribution in [3.63, 3.8) is 0 Å². The summed E-state index contributed by atoms with van der Waals surface area (Å²) in [6.45, 7) is 2.00. The van der Waals surface area contributed by atoms with Crippen molar-refractivity contribution in [2.24, 2.45) is 0 Å². The summed E-state index contributed by atoms with van der Waals surface area (Å²) < 4.78 is 0. The molecule has 2 N–H and O–H groups in total. The van der Waals surface area contributed by atoms with Crippen molar-refractivity contribution in [1.29, 1.82) is 0 Å². The van der Waals surface area contributed by atoms with Crippen LogP contribution in [-0.4, -0.2) is 11.0 Å². The van der Waals surface area contributed by atoms with E-state index in [2.05, 4.69) is 5.48 Å². The number of hydroxylamine groups is 1. The molecule has 98 valence electrons. The van der Waals surface area contributed by atoms with E-state index in [0.717, 1.165) is 16.3 Å². The zero-order chi connectivity index (χ0) is 13.7. The maximum atomic E-state index is 11.2. The lowest BCUT2D eigenvalue weighted by Crippen LogP contribution is -2.21. The molecule has 2 aromatic carbocycles. The van der Waals surface area contributed by atoms with Crippen molar-refractivity contribution in [2.45, 2.75) is 13.5 Å². The molecule has 0 bridgehead atoms. The van der Waals surface area contributed by atoms with Crippen LogP contribution in [0.15, 0.2) is 48.6 Å². The Morgan fingerprint density at radius 2 is 2.21 bits per heavy atom. The quantitative estimate of drug-likeness (QED) is 0.654. The molecule has 1 amide bonds. The van der Waals surface area contributed by atoms with E-state index in [4.69, 9.17) is 4.84 Å². The first-order valence-electron chi connectivity index (χ1n) is 5.96. The Hall–Kier alpha value is -2.33. The highest BCUT2D eigenvalue weighted by Crippen LogP contribution is 2.23. The predicted molar refractivity (Wildman–Crippen MR) is 73.4 cm³/mol. The molecule has 0 saturated carbocycles. The molecule has 0 aliphatic heterocycles. The molecule has 2 rings (SSSR count). The number of carbonyl (C=O) groups excluding carboxylic acids is 1. The highest BCUT2D eigenvalue weighted by molar-refractivity contribution is 5.87. The maximum absolute atomic E-state index is 11.2. The van der Waals surface area contributed by atoms with Crippen LogP contribution in [0.25, 0.3) is 10.8 Å². The number of hydrogen-bond acceptors (Lipinski definition) is 3. The van der Waals surface area contributed by atoms with Crippen molar-refractivity contribution in [1.82, 2.24) is 5.48 Å². The third kappa shape index (κ3) is 3.33. The first kappa shape index (κ1) is 13.1. The van der Waals surface area contributed by atoms with E-state index in [9.17, 15) is 9.90 Å². The van der Waals surface area contributed by atoms with E-state index in [-0.39, 0.29) is 18.3 Å². The van der Waals surface area contributed by atoms with Gasteiger partial charge in [-0.2, -0.15) is 0 Å². The van der Waals surface area contributed by atoms with E-state index in [1.54, 1.807) is 25.1 Å². The largest absolute Gasteiger partial charge is 0.508 e. The molecule has 0 aliphatic rings. The summed E-state index contributed by atoms with van der Waals surface area (Å²) in [4.78, 5) is 16.3. The fourth-order valence-corrected chi connectivity index (χ4v) is 1.82. The average Bonchev–Trinajstić information content (AvgIpc) is 2.39.